The number of carbonyl (C=O) groups excluding carboxylic acids is 1. The molecule has 9 heteroatoms. The summed E-state index contributed by atoms with van der Waals surface area (Å²) in [7, 11) is 0. The molecule has 0 bridgehead atoms. The fraction of sp³-hybridized carbons (Fsp3) is 0.577. The Hall–Kier alpha value is -2.68. The van der Waals surface area contributed by atoms with Gasteiger partial charge < -0.3 is 10.0 Å². The number of likely N-dealkylation sites (tertiary alicyclic amines) is 1. The van der Waals surface area contributed by atoms with Crippen LogP contribution in [0.4, 0.5) is 13.2 Å². The predicted molar refractivity (Wildman–Crippen MR) is 130 cm³/mol. The summed E-state index contributed by atoms with van der Waals surface area (Å²) in [5.74, 6) is -0.0728. The monoisotopic (exact) mass is 492 g/mol. The highest BCUT2D eigenvalue weighted by atomic mass is 19.4. The average Bonchev–Trinajstić information content (AvgIpc) is 3.18. The van der Waals surface area contributed by atoms with E-state index in [4.69, 9.17) is 0 Å². The lowest BCUT2D eigenvalue weighted by molar-refractivity contribution is -0.211. The van der Waals surface area contributed by atoms with Crippen molar-refractivity contribution in [2.45, 2.75) is 76.1 Å². The molecule has 2 aliphatic rings. The molecule has 0 aromatic carbocycles. The van der Waals surface area contributed by atoms with E-state index in [1.807, 2.05) is 6.08 Å². The third kappa shape index (κ3) is 6.31. The molecule has 1 aromatic heterocycles. The van der Waals surface area contributed by atoms with Gasteiger partial charge in [0.2, 0.25) is 0 Å². The molecule has 0 spiro atoms. The standard InChI is InChI=1S/C26H35F3N4O2/c1-4-5-6-8-20(2)9-7-12-25(35)13-17-32(18-14-25)22-19-24(3,26(27,28)29)33(31-22)23(34)21-10-15-30-16-11-21/h4-6,10-11,15-16,20,35H,1,7-9,12-14,17-19H2,2-3H3/b6-5-/t20-,24-/m0/s1. The quantitative estimate of drug-likeness (QED) is 0.498. The van der Waals surface area contributed by atoms with Crippen molar-refractivity contribution in [1.29, 1.82) is 0 Å². The number of amides is 1. The Morgan fingerprint density at radius 2 is 1.94 bits per heavy atom. The van der Waals surface area contributed by atoms with Crippen molar-refractivity contribution in [3.63, 3.8) is 0 Å². The Labute approximate surface area is 205 Å². The van der Waals surface area contributed by atoms with Crippen molar-refractivity contribution >= 4 is 11.7 Å². The zero-order valence-corrected chi connectivity index (χ0v) is 20.5. The van der Waals surface area contributed by atoms with Crippen LogP contribution in [0.3, 0.4) is 0 Å². The highest BCUT2D eigenvalue weighted by Gasteiger charge is 2.61. The maximum Gasteiger partial charge on any atom is 0.413 e. The summed E-state index contributed by atoms with van der Waals surface area (Å²) in [6.07, 6.45) is 7.85. The fourth-order valence-electron chi connectivity index (χ4n) is 4.66. The lowest BCUT2D eigenvalue weighted by atomic mass is 9.84. The van der Waals surface area contributed by atoms with Crippen LogP contribution in [0.5, 0.6) is 0 Å². The summed E-state index contributed by atoms with van der Waals surface area (Å²) in [4.78, 5) is 18.5. The molecule has 0 aliphatic carbocycles. The topological polar surface area (TPSA) is 69.0 Å². The molecular formula is C26H35F3N4O2. The van der Waals surface area contributed by atoms with Gasteiger partial charge in [-0.05, 0) is 50.7 Å². The van der Waals surface area contributed by atoms with E-state index in [0.717, 1.165) is 26.2 Å². The molecule has 35 heavy (non-hydrogen) atoms. The second-order valence-corrected chi connectivity index (χ2v) is 9.93. The number of allylic oxidation sites excluding steroid dienone is 3. The highest BCUT2D eigenvalue weighted by Crippen LogP contribution is 2.43. The largest absolute Gasteiger partial charge is 0.413 e. The molecule has 0 saturated carbocycles. The summed E-state index contributed by atoms with van der Waals surface area (Å²) in [5.41, 5.74) is -3.17. The number of alkyl halides is 3. The maximum atomic E-state index is 14.1. The van der Waals surface area contributed by atoms with Gasteiger partial charge in [0, 0.05) is 37.5 Å². The third-order valence-electron chi connectivity index (χ3n) is 7.12. The molecule has 1 amide bonds. The third-order valence-corrected chi connectivity index (χ3v) is 7.12. The van der Waals surface area contributed by atoms with Crippen LogP contribution in [0.25, 0.3) is 0 Å². The van der Waals surface area contributed by atoms with Gasteiger partial charge in [0.15, 0.2) is 5.54 Å². The zero-order valence-electron chi connectivity index (χ0n) is 20.5. The number of piperidine rings is 1. The molecule has 6 nitrogen and oxygen atoms in total. The van der Waals surface area contributed by atoms with E-state index in [9.17, 15) is 23.1 Å². The van der Waals surface area contributed by atoms with Gasteiger partial charge in [-0.2, -0.15) is 18.3 Å². The number of hydrazone groups is 1. The summed E-state index contributed by atoms with van der Waals surface area (Å²) in [6.45, 7) is 7.65. The van der Waals surface area contributed by atoms with Crippen molar-refractivity contribution in [2.24, 2.45) is 11.0 Å². The first kappa shape index (κ1) is 26.9. The molecule has 1 aromatic rings. The number of halogens is 3. The van der Waals surface area contributed by atoms with Crippen molar-refractivity contribution in [3.8, 4) is 0 Å². The number of aliphatic hydroxyl groups is 1. The number of aromatic nitrogens is 1. The second kappa shape index (κ2) is 10.9. The Morgan fingerprint density at radius 3 is 2.54 bits per heavy atom. The highest BCUT2D eigenvalue weighted by molar-refractivity contribution is 5.98. The number of hydrogen-bond donors (Lipinski definition) is 1. The molecule has 1 fully saturated rings. The summed E-state index contributed by atoms with van der Waals surface area (Å²) < 4.78 is 42.3. The lowest BCUT2D eigenvalue weighted by Crippen LogP contribution is -2.55. The van der Waals surface area contributed by atoms with Gasteiger partial charge in [0.1, 0.15) is 5.84 Å². The molecular weight excluding hydrogens is 457 g/mol. The molecule has 2 aliphatic heterocycles. The van der Waals surface area contributed by atoms with Gasteiger partial charge in [-0.15, -0.1) is 0 Å². The van der Waals surface area contributed by atoms with Gasteiger partial charge in [-0.1, -0.05) is 44.6 Å². The van der Waals surface area contributed by atoms with E-state index in [1.54, 1.807) is 11.0 Å². The van der Waals surface area contributed by atoms with E-state index >= 15 is 0 Å². The normalized spacial score (nSPS) is 23.4. The van der Waals surface area contributed by atoms with Crippen LogP contribution < -0.4 is 0 Å². The number of nitrogens with zero attached hydrogens (tertiary/aromatic N) is 4. The molecule has 3 rings (SSSR count). The second-order valence-electron chi connectivity index (χ2n) is 9.93. The number of carbonyl (C=O) groups is 1. The van der Waals surface area contributed by atoms with Crippen molar-refractivity contribution in [3.05, 3.63) is 54.9 Å². The predicted octanol–water partition coefficient (Wildman–Crippen LogP) is 5.33. The Balaban J connectivity index is 1.63. The summed E-state index contributed by atoms with van der Waals surface area (Å²) in [5, 5.41) is 15.8. The van der Waals surface area contributed by atoms with Gasteiger partial charge in [-0.3, -0.25) is 9.78 Å². The van der Waals surface area contributed by atoms with Crippen LogP contribution in [0.1, 0.15) is 69.2 Å². The zero-order chi connectivity index (χ0) is 25.7. The van der Waals surface area contributed by atoms with Crippen LogP contribution in [-0.4, -0.2) is 62.1 Å². The van der Waals surface area contributed by atoms with E-state index in [0.29, 0.717) is 43.3 Å². The first-order valence-corrected chi connectivity index (χ1v) is 12.1. The fourth-order valence-corrected chi connectivity index (χ4v) is 4.66. The molecule has 2 atom stereocenters. The molecule has 3 heterocycles. The SMILES string of the molecule is C=C/C=C\C[C@H](C)CCCC1(O)CCN(C2=NN(C(=O)c3ccncc3)[C@](C)(C(F)(F)F)C2)CC1. The number of hydrogen-bond acceptors (Lipinski definition) is 5. The van der Waals surface area contributed by atoms with Crippen molar-refractivity contribution in [2.75, 3.05) is 13.1 Å². The van der Waals surface area contributed by atoms with Gasteiger partial charge in [0.05, 0.1) is 5.60 Å². The van der Waals surface area contributed by atoms with Gasteiger partial charge >= 0.3 is 6.18 Å². The molecule has 0 radical (unpaired) electrons. The van der Waals surface area contributed by atoms with Crippen LogP contribution in [0.15, 0.2) is 54.4 Å². The Morgan fingerprint density at radius 1 is 1.29 bits per heavy atom. The van der Waals surface area contributed by atoms with Crippen molar-refractivity contribution in [1.82, 2.24) is 14.9 Å². The maximum absolute atomic E-state index is 14.1. The van der Waals surface area contributed by atoms with Crippen molar-refractivity contribution < 1.29 is 23.1 Å². The van der Waals surface area contributed by atoms with E-state index in [1.165, 1.54) is 24.5 Å². The van der Waals surface area contributed by atoms with Gasteiger partial charge in [0.25, 0.3) is 5.91 Å². The van der Waals surface area contributed by atoms with E-state index in [-0.39, 0.29) is 11.4 Å². The average molecular weight is 493 g/mol. The number of rotatable bonds is 8. The van der Waals surface area contributed by atoms with Crippen LogP contribution in [0, 0.1) is 5.92 Å². The lowest BCUT2D eigenvalue weighted by Gasteiger charge is -2.39. The molecule has 1 N–H and O–H groups in total. The van der Waals surface area contributed by atoms with Crippen LogP contribution in [-0.2, 0) is 0 Å². The van der Waals surface area contributed by atoms with Crippen LogP contribution >= 0.6 is 0 Å². The number of amidine groups is 1. The van der Waals surface area contributed by atoms with Gasteiger partial charge in [-0.25, -0.2) is 5.01 Å². The molecule has 1 saturated heterocycles. The first-order chi connectivity index (χ1) is 16.5. The summed E-state index contributed by atoms with van der Waals surface area (Å²) >= 11 is 0. The minimum atomic E-state index is -4.66. The smallest absolute Gasteiger partial charge is 0.390 e. The summed E-state index contributed by atoms with van der Waals surface area (Å²) in [6, 6.07) is 2.76. The minimum Gasteiger partial charge on any atom is -0.390 e. The minimum absolute atomic E-state index is 0.0997. The molecule has 0 unspecified atom stereocenters. The Kier molecular flexibility index (Phi) is 8.41. The van der Waals surface area contributed by atoms with Crippen LogP contribution in [0.2, 0.25) is 0 Å². The first-order valence-electron chi connectivity index (χ1n) is 12.1. The Bertz CT molecular complexity index is 940. The van der Waals surface area contributed by atoms with E-state index in [2.05, 4.69) is 29.7 Å². The number of pyridine rings is 1. The van der Waals surface area contributed by atoms with E-state index < -0.39 is 29.6 Å². The molecule has 192 valence electrons.